The summed E-state index contributed by atoms with van der Waals surface area (Å²) < 4.78 is 5.12. The fourth-order valence-corrected chi connectivity index (χ4v) is 1.47. The van der Waals surface area contributed by atoms with Gasteiger partial charge in [0.05, 0.1) is 19.8 Å². The molecule has 1 aromatic carbocycles. The van der Waals surface area contributed by atoms with Crippen LogP contribution in [-0.2, 0) is 6.42 Å². The first-order valence-electron chi connectivity index (χ1n) is 5.94. The van der Waals surface area contributed by atoms with E-state index in [-0.39, 0.29) is 18.7 Å². The molecule has 3 N–H and O–H groups in total. The fraction of sp³-hybridized carbons (Fsp3) is 0.462. The first-order valence-corrected chi connectivity index (χ1v) is 5.94. The van der Waals surface area contributed by atoms with E-state index in [1.165, 1.54) is 0 Å². The van der Waals surface area contributed by atoms with Gasteiger partial charge in [-0.25, -0.2) is 4.79 Å². The van der Waals surface area contributed by atoms with Crippen LogP contribution in [0.1, 0.15) is 12.5 Å². The van der Waals surface area contributed by atoms with Gasteiger partial charge in [-0.1, -0.05) is 12.1 Å². The lowest BCUT2D eigenvalue weighted by atomic mass is 10.1. The minimum atomic E-state index is -0.264. The van der Waals surface area contributed by atoms with Crippen LogP contribution < -0.4 is 15.4 Å². The third-order valence-electron chi connectivity index (χ3n) is 2.48. The van der Waals surface area contributed by atoms with Crippen LogP contribution in [0.15, 0.2) is 24.3 Å². The highest BCUT2D eigenvalue weighted by Gasteiger charge is 2.04. The van der Waals surface area contributed by atoms with Gasteiger partial charge >= 0.3 is 6.03 Å². The third-order valence-corrected chi connectivity index (χ3v) is 2.48. The van der Waals surface area contributed by atoms with E-state index < -0.39 is 0 Å². The highest BCUT2D eigenvalue weighted by molar-refractivity contribution is 5.74. The SMILES string of the molecule is COc1cccc(CCNC(=O)NC(C)CO)c1. The van der Waals surface area contributed by atoms with Crippen LogP contribution in [0.25, 0.3) is 0 Å². The Labute approximate surface area is 107 Å². The van der Waals surface area contributed by atoms with E-state index in [0.717, 1.165) is 17.7 Å². The summed E-state index contributed by atoms with van der Waals surface area (Å²) >= 11 is 0. The summed E-state index contributed by atoms with van der Waals surface area (Å²) in [4.78, 5) is 11.4. The zero-order chi connectivity index (χ0) is 13.4. The van der Waals surface area contributed by atoms with E-state index in [1.54, 1.807) is 14.0 Å². The zero-order valence-electron chi connectivity index (χ0n) is 10.8. The van der Waals surface area contributed by atoms with Crippen LogP contribution in [0, 0.1) is 0 Å². The normalized spacial score (nSPS) is 11.7. The predicted molar refractivity (Wildman–Crippen MR) is 69.8 cm³/mol. The van der Waals surface area contributed by atoms with Gasteiger partial charge < -0.3 is 20.5 Å². The maximum absolute atomic E-state index is 11.4. The van der Waals surface area contributed by atoms with Crippen LogP contribution in [-0.4, -0.2) is 37.4 Å². The highest BCUT2D eigenvalue weighted by atomic mass is 16.5. The van der Waals surface area contributed by atoms with E-state index in [4.69, 9.17) is 9.84 Å². The van der Waals surface area contributed by atoms with Crippen molar-refractivity contribution in [2.24, 2.45) is 0 Å². The molecule has 0 saturated carbocycles. The zero-order valence-corrected chi connectivity index (χ0v) is 10.8. The van der Waals surface area contributed by atoms with Gasteiger partial charge in [-0.3, -0.25) is 0 Å². The number of aliphatic hydroxyl groups is 1. The Bertz CT molecular complexity index is 382. The van der Waals surface area contributed by atoms with Gasteiger partial charge in [-0.2, -0.15) is 0 Å². The molecule has 0 radical (unpaired) electrons. The number of carbonyl (C=O) groups excluding carboxylic acids is 1. The van der Waals surface area contributed by atoms with E-state index in [1.807, 2.05) is 24.3 Å². The molecule has 100 valence electrons. The van der Waals surface area contributed by atoms with E-state index in [2.05, 4.69) is 10.6 Å². The monoisotopic (exact) mass is 252 g/mol. The summed E-state index contributed by atoms with van der Waals surface area (Å²) in [7, 11) is 1.63. The molecule has 0 aromatic heterocycles. The number of urea groups is 1. The second-order valence-corrected chi connectivity index (χ2v) is 4.09. The molecule has 0 fully saturated rings. The van der Waals surface area contributed by atoms with Gasteiger partial charge in [0.2, 0.25) is 0 Å². The quantitative estimate of drug-likeness (QED) is 0.705. The smallest absolute Gasteiger partial charge is 0.315 e. The number of methoxy groups -OCH3 is 1. The van der Waals surface area contributed by atoms with Gasteiger partial charge in [0.1, 0.15) is 5.75 Å². The lowest BCUT2D eigenvalue weighted by Gasteiger charge is -2.12. The number of hydrogen-bond acceptors (Lipinski definition) is 3. The molecule has 1 atom stereocenters. The second-order valence-electron chi connectivity index (χ2n) is 4.09. The van der Waals surface area contributed by atoms with Crippen molar-refractivity contribution in [3.63, 3.8) is 0 Å². The molecule has 0 heterocycles. The molecule has 2 amide bonds. The molecular weight excluding hydrogens is 232 g/mol. The summed E-state index contributed by atoms with van der Waals surface area (Å²) in [6.07, 6.45) is 0.734. The Balaban J connectivity index is 2.30. The Hall–Kier alpha value is -1.75. The predicted octanol–water partition coefficient (Wildman–Crippen LogP) is 0.918. The van der Waals surface area contributed by atoms with E-state index in [0.29, 0.717) is 6.54 Å². The molecule has 5 nitrogen and oxygen atoms in total. The number of ether oxygens (including phenoxy) is 1. The lowest BCUT2D eigenvalue weighted by molar-refractivity contribution is 0.220. The average molecular weight is 252 g/mol. The third kappa shape index (κ3) is 5.05. The summed E-state index contributed by atoms with van der Waals surface area (Å²) in [6, 6.07) is 7.23. The number of rotatable bonds is 6. The Morgan fingerprint density at radius 1 is 1.50 bits per heavy atom. The van der Waals surface area contributed by atoms with Crippen molar-refractivity contribution < 1.29 is 14.6 Å². The minimum absolute atomic E-state index is 0.0662. The highest BCUT2D eigenvalue weighted by Crippen LogP contribution is 2.12. The first kappa shape index (κ1) is 14.3. The van der Waals surface area contributed by atoms with E-state index in [9.17, 15) is 4.79 Å². The summed E-state index contributed by atoms with van der Waals surface area (Å²) in [5.41, 5.74) is 1.10. The van der Waals surface area contributed by atoms with Crippen molar-refractivity contribution in [3.05, 3.63) is 29.8 Å². The largest absolute Gasteiger partial charge is 0.497 e. The number of hydrogen-bond donors (Lipinski definition) is 3. The molecule has 1 unspecified atom stereocenters. The molecule has 1 rings (SSSR count). The summed E-state index contributed by atoms with van der Waals surface area (Å²) in [5, 5.41) is 14.1. The molecule has 5 heteroatoms. The Morgan fingerprint density at radius 3 is 2.94 bits per heavy atom. The number of aliphatic hydroxyl groups excluding tert-OH is 1. The molecule has 0 saturated heterocycles. The number of carbonyl (C=O) groups is 1. The molecule has 0 bridgehead atoms. The maximum atomic E-state index is 11.4. The number of benzene rings is 1. The minimum Gasteiger partial charge on any atom is -0.497 e. The van der Waals surface area contributed by atoms with Gasteiger partial charge in [-0.15, -0.1) is 0 Å². The molecule has 0 spiro atoms. The molecular formula is C13H20N2O3. The van der Waals surface area contributed by atoms with Gasteiger partial charge in [0.25, 0.3) is 0 Å². The molecule has 1 aromatic rings. The lowest BCUT2D eigenvalue weighted by Crippen LogP contribution is -2.42. The van der Waals surface area contributed by atoms with Crippen molar-refractivity contribution in [2.75, 3.05) is 20.3 Å². The standard InChI is InChI=1S/C13H20N2O3/c1-10(9-16)15-13(17)14-7-6-11-4-3-5-12(8-11)18-2/h3-5,8,10,16H,6-7,9H2,1-2H3,(H2,14,15,17). The van der Waals surface area contributed by atoms with Crippen LogP contribution in [0.4, 0.5) is 4.79 Å². The van der Waals surface area contributed by atoms with Gasteiger partial charge in [-0.05, 0) is 31.0 Å². The van der Waals surface area contributed by atoms with Gasteiger partial charge in [0.15, 0.2) is 0 Å². The van der Waals surface area contributed by atoms with Crippen LogP contribution in [0.3, 0.4) is 0 Å². The Morgan fingerprint density at radius 2 is 2.28 bits per heavy atom. The maximum Gasteiger partial charge on any atom is 0.315 e. The van der Waals surface area contributed by atoms with Crippen molar-refractivity contribution in [3.8, 4) is 5.75 Å². The van der Waals surface area contributed by atoms with Crippen molar-refractivity contribution in [1.29, 1.82) is 0 Å². The Kier molecular flexibility index (Phi) is 6.00. The second kappa shape index (κ2) is 7.55. The average Bonchev–Trinajstić information content (AvgIpc) is 2.38. The van der Waals surface area contributed by atoms with Crippen LogP contribution in [0.2, 0.25) is 0 Å². The van der Waals surface area contributed by atoms with Crippen molar-refractivity contribution in [2.45, 2.75) is 19.4 Å². The number of amides is 2. The molecule has 0 aliphatic rings. The molecule has 0 aliphatic carbocycles. The molecule has 0 aliphatic heterocycles. The van der Waals surface area contributed by atoms with Crippen LogP contribution >= 0.6 is 0 Å². The molecule has 18 heavy (non-hydrogen) atoms. The van der Waals surface area contributed by atoms with Crippen molar-refractivity contribution >= 4 is 6.03 Å². The van der Waals surface area contributed by atoms with E-state index >= 15 is 0 Å². The number of nitrogens with one attached hydrogen (secondary N) is 2. The topological polar surface area (TPSA) is 70.6 Å². The van der Waals surface area contributed by atoms with Crippen molar-refractivity contribution in [1.82, 2.24) is 10.6 Å². The fourth-order valence-electron chi connectivity index (χ4n) is 1.47. The summed E-state index contributed by atoms with van der Waals surface area (Å²) in [5.74, 6) is 0.811. The van der Waals surface area contributed by atoms with Crippen LogP contribution in [0.5, 0.6) is 5.75 Å². The first-order chi connectivity index (χ1) is 8.65. The van der Waals surface area contributed by atoms with Gasteiger partial charge in [0, 0.05) is 6.54 Å². The summed E-state index contributed by atoms with van der Waals surface area (Å²) in [6.45, 7) is 2.21.